The van der Waals surface area contributed by atoms with Crippen LogP contribution in [0.15, 0.2) is 42.6 Å². The van der Waals surface area contributed by atoms with E-state index >= 15 is 0 Å². The summed E-state index contributed by atoms with van der Waals surface area (Å²) in [5.74, 6) is 1.33. The second-order valence-corrected chi connectivity index (χ2v) is 6.51. The molecular formula is C19H21ClN2O2. The first-order valence-corrected chi connectivity index (χ1v) is 8.75. The van der Waals surface area contributed by atoms with Crippen LogP contribution in [0.2, 0.25) is 5.02 Å². The lowest BCUT2D eigenvalue weighted by molar-refractivity contribution is 0.102. The topological polar surface area (TPSA) is 51.2 Å². The van der Waals surface area contributed by atoms with E-state index in [1.165, 1.54) is 32.1 Å². The molecule has 0 saturated heterocycles. The molecule has 0 unspecified atom stereocenters. The molecule has 0 radical (unpaired) electrons. The van der Waals surface area contributed by atoms with Gasteiger partial charge in [-0.1, -0.05) is 43.0 Å². The van der Waals surface area contributed by atoms with Crippen LogP contribution in [0.4, 0.5) is 5.82 Å². The Kier molecular flexibility index (Phi) is 5.70. The van der Waals surface area contributed by atoms with E-state index < -0.39 is 0 Å². The molecule has 4 nitrogen and oxygen atoms in total. The Morgan fingerprint density at radius 1 is 1.17 bits per heavy atom. The summed E-state index contributed by atoms with van der Waals surface area (Å²) in [6, 6.07) is 10.6. The van der Waals surface area contributed by atoms with E-state index in [4.69, 9.17) is 16.3 Å². The number of anilines is 1. The number of benzene rings is 1. The molecule has 0 aliphatic heterocycles. The van der Waals surface area contributed by atoms with E-state index in [9.17, 15) is 4.79 Å². The minimum Gasteiger partial charge on any atom is -0.489 e. The molecule has 0 spiro atoms. The van der Waals surface area contributed by atoms with Crippen molar-refractivity contribution in [1.82, 2.24) is 4.98 Å². The lowest BCUT2D eigenvalue weighted by atomic mass is 9.90. The Labute approximate surface area is 147 Å². The molecule has 1 amide bonds. The third-order valence-electron chi connectivity index (χ3n) is 4.32. The summed E-state index contributed by atoms with van der Waals surface area (Å²) in [5.41, 5.74) is 0.419. The lowest BCUT2D eigenvalue weighted by Gasteiger charge is -2.22. The first-order chi connectivity index (χ1) is 11.7. The second kappa shape index (κ2) is 8.15. The van der Waals surface area contributed by atoms with Crippen LogP contribution in [0, 0.1) is 5.92 Å². The number of rotatable bonds is 5. The Balaban J connectivity index is 1.67. The molecule has 126 valence electrons. The maximum absolute atomic E-state index is 12.4. The number of pyridine rings is 1. The molecule has 3 rings (SSSR count). The maximum Gasteiger partial charge on any atom is 0.258 e. The molecular weight excluding hydrogens is 324 g/mol. The largest absolute Gasteiger partial charge is 0.489 e. The van der Waals surface area contributed by atoms with Crippen molar-refractivity contribution >= 4 is 23.3 Å². The highest BCUT2D eigenvalue weighted by Gasteiger charge is 2.17. The van der Waals surface area contributed by atoms with Crippen molar-refractivity contribution in [3.63, 3.8) is 0 Å². The van der Waals surface area contributed by atoms with E-state index in [0.717, 1.165) is 0 Å². The molecule has 1 N–H and O–H groups in total. The van der Waals surface area contributed by atoms with Crippen molar-refractivity contribution in [2.45, 2.75) is 32.1 Å². The number of amides is 1. The van der Waals surface area contributed by atoms with Gasteiger partial charge in [0.25, 0.3) is 5.91 Å². The fourth-order valence-electron chi connectivity index (χ4n) is 2.98. The van der Waals surface area contributed by atoms with Crippen molar-refractivity contribution in [1.29, 1.82) is 0 Å². The average molecular weight is 345 g/mol. The van der Waals surface area contributed by atoms with Gasteiger partial charge in [-0.2, -0.15) is 0 Å². The smallest absolute Gasteiger partial charge is 0.258 e. The van der Waals surface area contributed by atoms with Gasteiger partial charge in [0.2, 0.25) is 0 Å². The summed E-state index contributed by atoms with van der Waals surface area (Å²) in [6.07, 6.45) is 7.93. The zero-order valence-corrected chi connectivity index (χ0v) is 14.3. The summed E-state index contributed by atoms with van der Waals surface area (Å²) in [5, 5.41) is 3.21. The number of aromatic nitrogens is 1. The summed E-state index contributed by atoms with van der Waals surface area (Å²) < 4.78 is 5.93. The van der Waals surface area contributed by atoms with Gasteiger partial charge >= 0.3 is 0 Å². The Morgan fingerprint density at radius 3 is 2.75 bits per heavy atom. The Morgan fingerprint density at radius 2 is 1.96 bits per heavy atom. The monoisotopic (exact) mass is 344 g/mol. The van der Waals surface area contributed by atoms with Crippen molar-refractivity contribution < 1.29 is 9.53 Å². The van der Waals surface area contributed by atoms with Crippen molar-refractivity contribution in [3.8, 4) is 5.75 Å². The van der Waals surface area contributed by atoms with Gasteiger partial charge in [-0.3, -0.25) is 4.79 Å². The molecule has 0 atom stereocenters. The number of hydrogen-bond donors (Lipinski definition) is 1. The van der Waals surface area contributed by atoms with Gasteiger partial charge in [-0.15, -0.1) is 0 Å². The van der Waals surface area contributed by atoms with Crippen LogP contribution in [0.1, 0.15) is 42.5 Å². The minimum absolute atomic E-state index is 0.290. The quantitative estimate of drug-likeness (QED) is 0.835. The summed E-state index contributed by atoms with van der Waals surface area (Å²) in [7, 11) is 0. The number of carbonyl (C=O) groups excluding carboxylic acids is 1. The molecule has 1 saturated carbocycles. The molecule has 0 bridgehead atoms. The zero-order chi connectivity index (χ0) is 16.8. The molecule has 1 aliphatic rings. The third-order valence-corrected chi connectivity index (χ3v) is 4.65. The molecule has 5 heteroatoms. The second-order valence-electron chi connectivity index (χ2n) is 6.10. The Hall–Kier alpha value is -2.07. The fourth-order valence-corrected chi connectivity index (χ4v) is 3.20. The number of hydrogen-bond acceptors (Lipinski definition) is 3. The highest BCUT2D eigenvalue weighted by molar-refractivity contribution is 6.34. The molecule has 1 heterocycles. The van der Waals surface area contributed by atoms with Gasteiger partial charge < -0.3 is 10.1 Å². The van der Waals surface area contributed by atoms with E-state index in [0.29, 0.717) is 34.7 Å². The number of carbonyl (C=O) groups is 1. The first-order valence-electron chi connectivity index (χ1n) is 8.38. The number of ether oxygens (including phenoxy) is 1. The molecule has 1 aliphatic carbocycles. The third kappa shape index (κ3) is 4.26. The highest BCUT2D eigenvalue weighted by Crippen LogP contribution is 2.27. The summed E-state index contributed by atoms with van der Waals surface area (Å²) >= 11 is 6.08. The van der Waals surface area contributed by atoms with Crippen LogP contribution >= 0.6 is 11.6 Å². The summed E-state index contributed by atoms with van der Waals surface area (Å²) in [6.45, 7) is 0.667. The van der Waals surface area contributed by atoms with Crippen molar-refractivity contribution in [2.75, 3.05) is 11.9 Å². The standard InChI is InChI=1S/C19H21ClN2O2/c20-16-10-5-4-9-15(16)19(23)22-18-17(11-6-12-21-18)24-13-14-7-2-1-3-8-14/h4-6,9-12,14H,1-3,7-8,13H2,(H,21,22,23). The molecule has 1 aromatic heterocycles. The van der Waals surface area contributed by atoms with Crippen molar-refractivity contribution in [3.05, 3.63) is 53.2 Å². The minimum atomic E-state index is -0.290. The zero-order valence-electron chi connectivity index (χ0n) is 13.5. The fraction of sp³-hybridized carbons (Fsp3) is 0.368. The highest BCUT2D eigenvalue weighted by atomic mass is 35.5. The van der Waals surface area contributed by atoms with Crippen LogP contribution in [-0.4, -0.2) is 17.5 Å². The normalized spacial score (nSPS) is 15.0. The predicted molar refractivity (Wildman–Crippen MR) is 95.7 cm³/mol. The van der Waals surface area contributed by atoms with Gasteiger partial charge in [0.05, 0.1) is 17.2 Å². The van der Waals surface area contributed by atoms with Crippen LogP contribution in [-0.2, 0) is 0 Å². The first kappa shape index (κ1) is 16.8. The number of halogens is 1. The van der Waals surface area contributed by atoms with Crippen LogP contribution < -0.4 is 10.1 Å². The molecule has 1 aromatic carbocycles. The van der Waals surface area contributed by atoms with Gasteiger partial charge in [-0.05, 0) is 43.0 Å². The average Bonchev–Trinajstić information content (AvgIpc) is 2.62. The van der Waals surface area contributed by atoms with Gasteiger partial charge in [0, 0.05) is 6.20 Å². The predicted octanol–water partition coefficient (Wildman–Crippen LogP) is 4.95. The van der Waals surface area contributed by atoms with E-state index in [1.807, 2.05) is 6.07 Å². The van der Waals surface area contributed by atoms with E-state index in [-0.39, 0.29) is 5.91 Å². The van der Waals surface area contributed by atoms with E-state index in [1.54, 1.807) is 36.5 Å². The van der Waals surface area contributed by atoms with Crippen LogP contribution in [0.25, 0.3) is 0 Å². The lowest BCUT2D eigenvalue weighted by Crippen LogP contribution is -2.18. The van der Waals surface area contributed by atoms with Gasteiger partial charge in [0.15, 0.2) is 11.6 Å². The molecule has 24 heavy (non-hydrogen) atoms. The SMILES string of the molecule is O=C(Nc1ncccc1OCC1CCCCC1)c1ccccc1Cl. The maximum atomic E-state index is 12.4. The Bertz CT molecular complexity index is 699. The summed E-state index contributed by atoms with van der Waals surface area (Å²) in [4.78, 5) is 16.6. The molecule has 2 aromatic rings. The van der Waals surface area contributed by atoms with Gasteiger partial charge in [-0.25, -0.2) is 4.98 Å². The van der Waals surface area contributed by atoms with Crippen LogP contribution in [0.3, 0.4) is 0 Å². The van der Waals surface area contributed by atoms with Crippen molar-refractivity contribution in [2.24, 2.45) is 5.92 Å². The van der Waals surface area contributed by atoms with Crippen LogP contribution in [0.5, 0.6) is 5.75 Å². The molecule has 1 fully saturated rings. The van der Waals surface area contributed by atoms with Gasteiger partial charge in [0.1, 0.15) is 0 Å². The number of nitrogens with zero attached hydrogens (tertiary/aromatic N) is 1. The van der Waals surface area contributed by atoms with E-state index in [2.05, 4.69) is 10.3 Å². The number of nitrogens with one attached hydrogen (secondary N) is 1.